The molecule has 2 aromatic rings. The van der Waals surface area contributed by atoms with Gasteiger partial charge in [-0.3, -0.25) is 4.98 Å². The van der Waals surface area contributed by atoms with Gasteiger partial charge in [0.25, 0.3) is 0 Å². The monoisotopic (exact) mass is 343 g/mol. The van der Waals surface area contributed by atoms with Gasteiger partial charge in [0.05, 0.1) is 17.9 Å². The quantitative estimate of drug-likeness (QED) is 0.919. The Hall–Kier alpha value is -2.21. The van der Waals surface area contributed by atoms with E-state index in [-0.39, 0.29) is 0 Å². The number of ether oxygens (including phenoxy) is 1. The summed E-state index contributed by atoms with van der Waals surface area (Å²) in [6, 6.07) is 4.03. The zero-order valence-corrected chi connectivity index (χ0v) is 15.2. The highest BCUT2D eigenvalue weighted by Gasteiger charge is 2.21. The SMILES string of the molecule is Cc1sc(CNC(=O)OC(C)(C)C)nc1C1=CCc2ncccc21. The van der Waals surface area contributed by atoms with Gasteiger partial charge in [-0.05, 0) is 33.8 Å². The molecule has 1 N–H and O–H groups in total. The highest BCUT2D eigenvalue weighted by atomic mass is 32.1. The molecule has 1 amide bonds. The summed E-state index contributed by atoms with van der Waals surface area (Å²) < 4.78 is 5.25. The summed E-state index contributed by atoms with van der Waals surface area (Å²) in [6.45, 7) is 7.95. The third kappa shape index (κ3) is 3.64. The second-order valence-electron chi connectivity index (χ2n) is 6.69. The Bertz CT molecular complexity index is 803. The first-order valence-corrected chi connectivity index (χ1v) is 8.73. The predicted molar refractivity (Wildman–Crippen MR) is 94.9 cm³/mol. The molecule has 0 saturated heterocycles. The number of hydrogen-bond acceptors (Lipinski definition) is 5. The minimum Gasteiger partial charge on any atom is -0.444 e. The lowest BCUT2D eigenvalue weighted by Crippen LogP contribution is -2.32. The highest BCUT2D eigenvalue weighted by Crippen LogP contribution is 2.34. The fourth-order valence-electron chi connectivity index (χ4n) is 2.62. The molecule has 0 saturated carbocycles. The number of nitrogens with zero attached hydrogens (tertiary/aromatic N) is 2. The topological polar surface area (TPSA) is 64.1 Å². The van der Waals surface area contributed by atoms with Gasteiger partial charge in [0.15, 0.2) is 0 Å². The number of aryl methyl sites for hydroxylation is 1. The standard InChI is InChI=1S/C18H21N3O2S/c1-11-16(13-7-8-14-12(13)6-5-9-19-14)21-15(24-11)10-20-17(22)23-18(2,3)4/h5-7,9H,8,10H2,1-4H3,(H,20,22). The van der Waals surface area contributed by atoms with Gasteiger partial charge < -0.3 is 10.1 Å². The number of fused-ring (bicyclic) bond motifs is 1. The van der Waals surface area contributed by atoms with E-state index in [0.29, 0.717) is 6.54 Å². The average molecular weight is 343 g/mol. The van der Waals surface area contributed by atoms with Gasteiger partial charge in [-0.15, -0.1) is 11.3 Å². The molecule has 126 valence electrons. The van der Waals surface area contributed by atoms with Crippen molar-refractivity contribution in [1.29, 1.82) is 0 Å². The van der Waals surface area contributed by atoms with E-state index in [1.54, 1.807) is 11.3 Å². The van der Waals surface area contributed by atoms with Crippen molar-refractivity contribution in [3.8, 4) is 0 Å². The minimum absolute atomic E-state index is 0.369. The highest BCUT2D eigenvalue weighted by molar-refractivity contribution is 7.11. The second kappa shape index (κ2) is 6.36. The van der Waals surface area contributed by atoms with Crippen molar-refractivity contribution in [2.24, 2.45) is 0 Å². The van der Waals surface area contributed by atoms with Gasteiger partial charge in [-0.2, -0.15) is 0 Å². The Labute approximate surface area is 145 Å². The first-order valence-electron chi connectivity index (χ1n) is 7.91. The first kappa shape index (κ1) is 16.6. The number of rotatable bonds is 3. The molecule has 5 nitrogen and oxygen atoms in total. The smallest absolute Gasteiger partial charge is 0.408 e. The fourth-order valence-corrected chi connectivity index (χ4v) is 3.50. The number of thiazole rings is 1. The number of aromatic nitrogens is 2. The summed E-state index contributed by atoms with van der Waals surface area (Å²) in [5.74, 6) is 0. The molecule has 3 rings (SSSR count). The molecule has 2 heterocycles. The molecule has 1 aliphatic carbocycles. The van der Waals surface area contributed by atoms with Crippen molar-refractivity contribution in [3.05, 3.63) is 51.2 Å². The molecular weight excluding hydrogens is 322 g/mol. The van der Waals surface area contributed by atoms with Crippen molar-refractivity contribution in [2.45, 2.75) is 46.3 Å². The molecule has 0 unspecified atom stereocenters. The maximum atomic E-state index is 11.8. The summed E-state index contributed by atoms with van der Waals surface area (Å²) in [5, 5.41) is 3.63. The molecule has 1 aliphatic rings. The number of carbonyl (C=O) groups excluding carboxylic acids is 1. The van der Waals surface area contributed by atoms with Crippen LogP contribution in [-0.4, -0.2) is 21.7 Å². The maximum Gasteiger partial charge on any atom is 0.408 e. The zero-order valence-electron chi connectivity index (χ0n) is 14.3. The van der Waals surface area contributed by atoms with E-state index in [1.807, 2.05) is 33.0 Å². The zero-order chi connectivity index (χ0) is 17.3. The number of amides is 1. The molecule has 0 aromatic carbocycles. The molecule has 24 heavy (non-hydrogen) atoms. The molecule has 0 atom stereocenters. The average Bonchev–Trinajstić information content (AvgIpc) is 3.06. The van der Waals surface area contributed by atoms with Crippen LogP contribution in [0.4, 0.5) is 4.79 Å². The largest absolute Gasteiger partial charge is 0.444 e. The Kier molecular flexibility index (Phi) is 4.41. The van der Waals surface area contributed by atoms with E-state index in [9.17, 15) is 4.79 Å². The lowest BCUT2D eigenvalue weighted by atomic mass is 10.1. The van der Waals surface area contributed by atoms with Crippen molar-refractivity contribution >= 4 is 23.0 Å². The van der Waals surface area contributed by atoms with E-state index in [0.717, 1.165) is 38.8 Å². The summed E-state index contributed by atoms with van der Waals surface area (Å²) in [5.41, 5.74) is 3.85. The van der Waals surface area contributed by atoms with Crippen LogP contribution in [0.3, 0.4) is 0 Å². The molecule has 0 radical (unpaired) electrons. The van der Waals surface area contributed by atoms with Crippen molar-refractivity contribution in [3.63, 3.8) is 0 Å². The second-order valence-corrected chi connectivity index (χ2v) is 7.98. The van der Waals surface area contributed by atoms with Gasteiger partial charge >= 0.3 is 6.09 Å². The van der Waals surface area contributed by atoms with Crippen LogP contribution in [0.15, 0.2) is 24.4 Å². The van der Waals surface area contributed by atoms with E-state index in [1.165, 1.54) is 0 Å². The molecular formula is C18H21N3O2S. The fraction of sp³-hybridized carbons (Fsp3) is 0.389. The van der Waals surface area contributed by atoms with Crippen LogP contribution in [0.25, 0.3) is 5.57 Å². The van der Waals surface area contributed by atoms with Crippen LogP contribution in [0.1, 0.15) is 47.6 Å². The van der Waals surface area contributed by atoms with E-state index in [4.69, 9.17) is 9.72 Å². The predicted octanol–water partition coefficient (Wildman–Crippen LogP) is 3.86. The van der Waals surface area contributed by atoms with E-state index < -0.39 is 11.7 Å². The molecule has 0 bridgehead atoms. The summed E-state index contributed by atoms with van der Waals surface area (Å²) in [7, 11) is 0. The Morgan fingerprint density at radius 2 is 2.21 bits per heavy atom. The van der Waals surface area contributed by atoms with Gasteiger partial charge in [-0.1, -0.05) is 12.1 Å². The Morgan fingerprint density at radius 3 is 2.96 bits per heavy atom. The van der Waals surface area contributed by atoms with Crippen LogP contribution in [0, 0.1) is 6.92 Å². The number of alkyl carbamates (subject to hydrolysis) is 1. The van der Waals surface area contributed by atoms with Crippen molar-refractivity contribution < 1.29 is 9.53 Å². The molecule has 6 heteroatoms. The van der Waals surface area contributed by atoms with Gasteiger partial charge in [0, 0.05) is 28.6 Å². The third-order valence-electron chi connectivity index (χ3n) is 3.56. The van der Waals surface area contributed by atoms with Crippen molar-refractivity contribution in [2.75, 3.05) is 0 Å². The number of pyridine rings is 1. The normalized spacial score (nSPS) is 13.4. The molecule has 0 fully saturated rings. The van der Waals surface area contributed by atoms with E-state index >= 15 is 0 Å². The lowest BCUT2D eigenvalue weighted by molar-refractivity contribution is 0.0523. The Balaban J connectivity index is 1.72. The first-order chi connectivity index (χ1) is 11.3. The van der Waals surface area contributed by atoms with Crippen LogP contribution in [0.2, 0.25) is 0 Å². The molecule has 0 spiro atoms. The van der Waals surface area contributed by atoms with E-state index in [2.05, 4.69) is 29.4 Å². The van der Waals surface area contributed by atoms with Gasteiger partial charge in [0.2, 0.25) is 0 Å². The Morgan fingerprint density at radius 1 is 1.42 bits per heavy atom. The minimum atomic E-state index is -0.501. The number of nitrogens with one attached hydrogen (secondary N) is 1. The van der Waals surface area contributed by atoms with Crippen LogP contribution >= 0.6 is 11.3 Å². The van der Waals surface area contributed by atoms with Crippen LogP contribution < -0.4 is 5.32 Å². The van der Waals surface area contributed by atoms with Crippen LogP contribution in [-0.2, 0) is 17.7 Å². The van der Waals surface area contributed by atoms with Crippen molar-refractivity contribution in [1.82, 2.24) is 15.3 Å². The van der Waals surface area contributed by atoms with Gasteiger partial charge in [0.1, 0.15) is 10.6 Å². The van der Waals surface area contributed by atoms with Gasteiger partial charge in [-0.25, -0.2) is 9.78 Å². The number of hydrogen-bond donors (Lipinski definition) is 1. The molecule has 0 aliphatic heterocycles. The number of carbonyl (C=O) groups is 1. The third-order valence-corrected chi connectivity index (χ3v) is 4.53. The molecule has 2 aromatic heterocycles. The number of allylic oxidation sites excluding steroid dienone is 1. The summed E-state index contributed by atoms with van der Waals surface area (Å²) in [6.07, 6.45) is 4.41. The van der Waals surface area contributed by atoms with Crippen LogP contribution in [0.5, 0.6) is 0 Å². The summed E-state index contributed by atoms with van der Waals surface area (Å²) in [4.78, 5) is 22.0. The lowest BCUT2D eigenvalue weighted by Gasteiger charge is -2.19. The maximum absolute atomic E-state index is 11.8. The summed E-state index contributed by atoms with van der Waals surface area (Å²) >= 11 is 1.59.